The molecule has 0 aromatic heterocycles. The van der Waals surface area contributed by atoms with E-state index in [9.17, 15) is 4.79 Å². The normalized spacial score (nSPS) is 16.3. The van der Waals surface area contributed by atoms with Crippen LogP contribution in [0.5, 0.6) is 5.75 Å². The zero-order valence-electron chi connectivity index (χ0n) is 14.5. The lowest BCUT2D eigenvalue weighted by Gasteiger charge is -2.34. The van der Waals surface area contributed by atoms with Crippen molar-refractivity contribution in [3.8, 4) is 5.75 Å². The maximum Gasteiger partial charge on any atom is 0.319 e. The van der Waals surface area contributed by atoms with E-state index in [2.05, 4.69) is 29.4 Å². The summed E-state index contributed by atoms with van der Waals surface area (Å²) in [6.07, 6.45) is 2.31. The molecule has 2 rings (SSSR count). The van der Waals surface area contributed by atoms with E-state index < -0.39 is 0 Å². The Balaban J connectivity index is 1.69. The molecule has 0 aliphatic carbocycles. The third kappa shape index (κ3) is 5.75. The second kappa shape index (κ2) is 8.77. The quantitative estimate of drug-likeness (QED) is 0.845. The Morgan fingerprint density at radius 3 is 2.48 bits per heavy atom. The first-order valence-electron chi connectivity index (χ1n) is 8.60. The van der Waals surface area contributed by atoms with Crippen LogP contribution in [0.4, 0.5) is 10.5 Å². The van der Waals surface area contributed by atoms with E-state index in [0.717, 1.165) is 43.9 Å². The average molecular weight is 319 g/mol. The molecule has 0 atom stereocenters. The summed E-state index contributed by atoms with van der Waals surface area (Å²) in [7, 11) is 0. The molecule has 1 aromatic carbocycles. The summed E-state index contributed by atoms with van der Waals surface area (Å²) in [6.45, 7) is 10.1. The summed E-state index contributed by atoms with van der Waals surface area (Å²) in [5.74, 6) is 1.39. The molecule has 0 unspecified atom stereocenters. The van der Waals surface area contributed by atoms with E-state index in [1.807, 2.05) is 31.2 Å². The molecular weight excluding hydrogens is 290 g/mol. The molecule has 1 heterocycles. The zero-order valence-corrected chi connectivity index (χ0v) is 14.5. The van der Waals surface area contributed by atoms with Gasteiger partial charge in [0, 0.05) is 18.3 Å². The topological polar surface area (TPSA) is 53.6 Å². The number of hydrogen-bond donors (Lipinski definition) is 2. The second-order valence-corrected chi connectivity index (χ2v) is 6.37. The van der Waals surface area contributed by atoms with Gasteiger partial charge >= 0.3 is 6.03 Å². The zero-order chi connectivity index (χ0) is 16.7. The Labute approximate surface area is 139 Å². The minimum atomic E-state index is -0.138. The van der Waals surface area contributed by atoms with E-state index in [-0.39, 0.29) is 6.03 Å². The van der Waals surface area contributed by atoms with Crippen molar-refractivity contribution in [2.75, 3.05) is 31.6 Å². The molecule has 0 spiro atoms. The number of urea groups is 1. The van der Waals surface area contributed by atoms with Crippen molar-refractivity contribution in [1.82, 2.24) is 10.2 Å². The molecule has 0 saturated carbocycles. The van der Waals surface area contributed by atoms with Crippen LogP contribution in [0.15, 0.2) is 24.3 Å². The van der Waals surface area contributed by atoms with Crippen molar-refractivity contribution in [1.29, 1.82) is 0 Å². The number of hydrogen-bond acceptors (Lipinski definition) is 3. The van der Waals surface area contributed by atoms with Gasteiger partial charge < -0.3 is 20.3 Å². The fourth-order valence-corrected chi connectivity index (χ4v) is 2.89. The largest absolute Gasteiger partial charge is 0.494 e. The van der Waals surface area contributed by atoms with Gasteiger partial charge in [-0.25, -0.2) is 4.79 Å². The van der Waals surface area contributed by atoms with Gasteiger partial charge in [-0.05, 0) is 76.9 Å². The van der Waals surface area contributed by atoms with Gasteiger partial charge in [-0.15, -0.1) is 0 Å². The maximum atomic E-state index is 12.0. The molecule has 2 amide bonds. The van der Waals surface area contributed by atoms with Gasteiger partial charge in [0.05, 0.1) is 6.61 Å². The number of ether oxygens (including phenoxy) is 1. The summed E-state index contributed by atoms with van der Waals surface area (Å²) < 4.78 is 5.39. The second-order valence-electron chi connectivity index (χ2n) is 6.37. The molecule has 1 saturated heterocycles. The lowest BCUT2D eigenvalue weighted by atomic mass is 9.96. The fraction of sp³-hybridized carbons (Fsp3) is 0.611. The first-order valence-corrected chi connectivity index (χ1v) is 8.60. The minimum Gasteiger partial charge on any atom is -0.494 e. The number of likely N-dealkylation sites (tertiary alicyclic amines) is 1. The smallest absolute Gasteiger partial charge is 0.319 e. The molecule has 1 fully saturated rings. The minimum absolute atomic E-state index is 0.138. The molecule has 5 nitrogen and oxygen atoms in total. The van der Waals surface area contributed by atoms with Crippen molar-refractivity contribution >= 4 is 11.7 Å². The molecular formula is C18H29N3O2. The molecule has 5 heteroatoms. The number of anilines is 1. The van der Waals surface area contributed by atoms with Crippen LogP contribution in [-0.4, -0.2) is 43.2 Å². The van der Waals surface area contributed by atoms with Crippen molar-refractivity contribution in [2.24, 2.45) is 5.92 Å². The van der Waals surface area contributed by atoms with Crippen molar-refractivity contribution in [3.05, 3.63) is 24.3 Å². The third-order valence-corrected chi connectivity index (χ3v) is 4.35. The van der Waals surface area contributed by atoms with Crippen LogP contribution in [0, 0.1) is 5.92 Å². The van der Waals surface area contributed by atoms with Gasteiger partial charge in [0.25, 0.3) is 0 Å². The number of piperidine rings is 1. The highest BCUT2D eigenvalue weighted by atomic mass is 16.5. The lowest BCUT2D eigenvalue weighted by Crippen LogP contribution is -2.42. The number of carbonyl (C=O) groups is 1. The predicted molar refractivity (Wildman–Crippen MR) is 94.1 cm³/mol. The fourth-order valence-electron chi connectivity index (χ4n) is 2.89. The highest BCUT2D eigenvalue weighted by Crippen LogP contribution is 2.18. The standard InChI is InChI=1S/C18H29N3O2/c1-4-23-17-7-5-16(6-8-17)20-18(22)19-13-15-9-11-21(12-10-15)14(2)3/h5-8,14-15H,4,9-13H2,1-3H3,(H2,19,20,22). The van der Waals surface area contributed by atoms with Crippen molar-refractivity contribution in [3.63, 3.8) is 0 Å². The van der Waals surface area contributed by atoms with E-state index in [0.29, 0.717) is 18.6 Å². The van der Waals surface area contributed by atoms with Gasteiger partial charge in [0.15, 0.2) is 0 Å². The molecule has 1 aliphatic rings. The summed E-state index contributed by atoms with van der Waals surface area (Å²) in [5.41, 5.74) is 0.778. The van der Waals surface area contributed by atoms with Gasteiger partial charge in [0.2, 0.25) is 0 Å². The van der Waals surface area contributed by atoms with Crippen LogP contribution in [0.1, 0.15) is 33.6 Å². The highest BCUT2D eigenvalue weighted by Gasteiger charge is 2.21. The van der Waals surface area contributed by atoms with Crippen LogP contribution < -0.4 is 15.4 Å². The van der Waals surface area contributed by atoms with Gasteiger partial charge in [-0.3, -0.25) is 0 Å². The molecule has 128 valence electrons. The molecule has 0 radical (unpaired) electrons. The Morgan fingerprint density at radius 1 is 1.26 bits per heavy atom. The summed E-state index contributed by atoms with van der Waals surface area (Å²) in [4.78, 5) is 14.5. The SMILES string of the molecule is CCOc1ccc(NC(=O)NCC2CCN(C(C)C)CC2)cc1. The number of nitrogens with zero attached hydrogens (tertiary/aromatic N) is 1. The van der Waals surface area contributed by atoms with Crippen LogP contribution in [0.2, 0.25) is 0 Å². The number of amides is 2. The van der Waals surface area contributed by atoms with Crippen molar-refractivity contribution in [2.45, 2.75) is 39.7 Å². The van der Waals surface area contributed by atoms with Crippen LogP contribution in [0.25, 0.3) is 0 Å². The number of benzene rings is 1. The third-order valence-electron chi connectivity index (χ3n) is 4.35. The highest BCUT2D eigenvalue weighted by molar-refractivity contribution is 5.89. The first-order chi connectivity index (χ1) is 11.1. The van der Waals surface area contributed by atoms with Gasteiger partial charge in [-0.2, -0.15) is 0 Å². The Hall–Kier alpha value is -1.75. The molecule has 1 aliphatic heterocycles. The predicted octanol–water partition coefficient (Wildman–Crippen LogP) is 3.33. The van der Waals surface area contributed by atoms with E-state index in [4.69, 9.17) is 4.74 Å². The summed E-state index contributed by atoms with van der Waals surface area (Å²) in [6, 6.07) is 7.91. The van der Waals surface area contributed by atoms with Crippen LogP contribution in [0.3, 0.4) is 0 Å². The Bertz CT molecular complexity index is 480. The number of rotatable bonds is 6. The number of nitrogens with one attached hydrogen (secondary N) is 2. The number of carbonyl (C=O) groups excluding carboxylic acids is 1. The molecule has 2 N–H and O–H groups in total. The van der Waals surface area contributed by atoms with E-state index >= 15 is 0 Å². The monoisotopic (exact) mass is 319 g/mol. The molecule has 23 heavy (non-hydrogen) atoms. The lowest BCUT2D eigenvalue weighted by molar-refractivity contribution is 0.149. The van der Waals surface area contributed by atoms with Crippen LogP contribution in [-0.2, 0) is 0 Å². The molecule has 1 aromatic rings. The van der Waals surface area contributed by atoms with Gasteiger partial charge in [-0.1, -0.05) is 0 Å². The summed E-state index contributed by atoms with van der Waals surface area (Å²) in [5, 5.41) is 5.85. The maximum absolute atomic E-state index is 12.0. The van der Waals surface area contributed by atoms with E-state index in [1.165, 1.54) is 0 Å². The van der Waals surface area contributed by atoms with Gasteiger partial charge in [0.1, 0.15) is 5.75 Å². The van der Waals surface area contributed by atoms with Crippen LogP contribution >= 0.6 is 0 Å². The first kappa shape index (κ1) is 17.6. The average Bonchev–Trinajstić information content (AvgIpc) is 2.55. The molecule has 0 bridgehead atoms. The Kier molecular flexibility index (Phi) is 6.71. The summed E-state index contributed by atoms with van der Waals surface area (Å²) >= 11 is 0. The Morgan fingerprint density at radius 2 is 1.91 bits per heavy atom. The van der Waals surface area contributed by atoms with Crippen molar-refractivity contribution < 1.29 is 9.53 Å². The van der Waals surface area contributed by atoms with E-state index in [1.54, 1.807) is 0 Å².